The average Bonchev–Trinajstić information content (AvgIpc) is 2.75. The third kappa shape index (κ3) is 4.94. The number of hydrogen-bond acceptors (Lipinski definition) is 4. The minimum Gasteiger partial charge on any atom is -0.384 e. The molecule has 2 aliphatic rings. The average molecular weight is 436 g/mol. The number of nitrogens with one attached hydrogen (secondary N) is 1. The van der Waals surface area contributed by atoms with E-state index in [4.69, 9.17) is 5.26 Å². The summed E-state index contributed by atoms with van der Waals surface area (Å²) in [6.45, 7) is 8.46. The van der Waals surface area contributed by atoms with Crippen molar-refractivity contribution in [3.63, 3.8) is 0 Å². The van der Waals surface area contributed by atoms with E-state index in [2.05, 4.69) is 11.4 Å². The fraction of sp³-hybridized carbons (Fsp3) is 0.500. The molecule has 1 heterocycles. The summed E-state index contributed by atoms with van der Waals surface area (Å²) in [5, 5.41) is 23.6. The maximum absolute atomic E-state index is 13.1. The van der Waals surface area contributed by atoms with Crippen LogP contribution in [0, 0.1) is 16.7 Å². The third-order valence-electron chi connectivity index (χ3n) is 6.60. The Labute approximate surface area is 190 Å². The van der Waals surface area contributed by atoms with Gasteiger partial charge in [0.1, 0.15) is 0 Å². The molecule has 1 aromatic carbocycles. The Morgan fingerprint density at radius 2 is 1.91 bits per heavy atom. The summed E-state index contributed by atoms with van der Waals surface area (Å²) in [5.41, 5.74) is -0.419. The van der Waals surface area contributed by atoms with Crippen LogP contribution >= 0.6 is 0 Å². The first-order valence-electron chi connectivity index (χ1n) is 11.2. The van der Waals surface area contributed by atoms with Crippen LogP contribution in [-0.4, -0.2) is 40.4 Å². The first-order chi connectivity index (χ1) is 15.0. The highest BCUT2D eigenvalue weighted by atomic mass is 16.3. The van der Waals surface area contributed by atoms with Gasteiger partial charge in [-0.1, -0.05) is 44.2 Å². The molecule has 2 N–H and O–H groups in total. The molecule has 1 aliphatic heterocycles. The third-order valence-corrected chi connectivity index (χ3v) is 6.60. The standard InChI is InChI=1S/C26H33N3O3/c1-24(2)18-29(15-14-26(24,32)21-12-10-19(17-27)11-13-21)22(30)16-25(3,4)28-23(31)20-8-6-5-7-9-20/h6,8-13,32H,5,7,14-16,18H2,1-4H3,(H,28,31). The number of carbonyl (C=O) groups excluding carboxylic acids is 2. The Morgan fingerprint density at radius 3 is 2.47 bits per heavy atom. The molecule has 0 radical (unpaired) electrons. The van der Waals surface area contributed by atoms with Gasteiger partial charge in [0.2, 0.25) is 5.91 Å². The van der Waals surface area contributed by atoms with Crippen molar-refractivity contribution in [1.82, 2.24) is 10.2 Å². The number of likely N-dealkylation sites (tertiary alicyclic amines) is 1. The van der Waals surface area contributed by atoms with Gasteiger partial charge in [-0.25, -0.2) is 0 Å². The van der Waals surface area contributed by atoms with Crippen LogP contribution in [0.2, 0.25) is 0 Å². The van der Waals surface area contributed by atoms with Crippen LogP contribution in [0.3, 0.4) is 0 Å². The van der Waals surface area contributed by atoms with E-state index in [0.29, 0.717) is 30.6 Å². The lowest BCUT2D eigenvalue weighted by molar-refractivity contribution is -0.154. The molecular weight excluding hydrogens is 402 g/mol. The summed E-state index contributed by atoms with van der Waals surface area (Å²) in [6.07, 6.45) is 8.11. The maximum atomic E-state index is 13.1. The second kappa shape index (κ2) is 8.91. The van der Waals surface area contributed by atoms with E-state index >= 15 is 0 Å². The van der Waals surface area contributed by atoms with Crippen LogP contribution in [-0.2, 0) is 15.2 Å². The van der Waals surface area contributed by atoms with Crippen LogP contribution in [0.4, 0.5) is 0 Å². The lowest BCUT2D eigenvalue weighted by Crippen LogP contribution is -2.58. The number of amides is 2. The summed E-state index contributed by atoms with van der Waals surface area (Å²) in [6, 6.07) is 9.11. The topological polar surface area (TPSA) is 93.4 Å². The van der Waals surface area contributed by atoms with E-state index in [1.54, 1.807) is 29.2 Å². The number of hydrogen-bond donors (Lipinski definition) is 2. The highest BCUT2D eigenvalue weighted by Crippen LogP contribution is 2.46. The van der Waals surface area contributed by atoms with Gasteiger partial charge < -0.3 is 15.3 Å². The molecule has 1 saturated heterocycles. The SMILES string of the molecule is CC(C)(CC(=O)N1CCC(O)(c2ccc(C#N)cc2)C(C)(C)C1)NC(=O)C1=CCCC=C1. The van der Waals surface area contributed by atoms with Crippen molar-refractivity contribution in [2.24, 2.45) is 5.41 Å². The van der Waals surface area contributed by atoms with Gasteiger partial charge in [-0.15, -0.1) is 0 Å². The highest BCUT2D eigenvalue weighted by Gasteiger charge is 2.49. The predicted molar refractivity (Wildman–Crippen MR) is 123 cm³/mol. The van der Waals surface area contributed by atoms with E-state index in [1.807, 2.05) is 45.9 Å². The molecule has 1 aromatic rings. The minimum absolute atomic E-state index is 0.0431. The normalized spacial score (nSPS) is 22.6. The molecule has 0 aromatic heterocycles. The summed E-state index contributed by atoms with van der Waals surface area (Å²) in [5.74, 6) is -0.202. The molecule has 1 atom stereocenters. The summed E-state index contributed by atoms with van der Waals surface area (Å²) in [7, 11) is 0. The molecular formula is C26H33N3O3. The number of piperidine rings is 1. The molecule has 6 nitrogen and oxygen atoms in total. The molecule has 0 saturated carbocycles. The van der Waals surface area contributed by atoms with Crippen molar-refractivity contribution in [2.45, 2.75) is 64.5 Å². The molecule has 1 aliphatic carbocycles. The number of carbonyl (C=O) groups is 2. The smallest absolute Gasteiger partial charge is 0.251 e. The van der Waals surface area contributed by atoms with Crippen molar-refractivity contribution >= 4 is 11.8 Å². The molecule has 32 heavy (non-hydrogen) atoms. The Balaban J connectivity index is 1.66. The Kier molecular flexibility index (Phi) is 6.61. The molecule has 0 spiro atoms. The number of nitriles is 1. The fourth-order valence-electron chi connectivity index (χ4n) is 4.59. The molecule has 1 unspecified atom stereocenters. The van der Waals surface area contributed by atoms with Crippen LogP contribution in [0.1, 0.15) is 64.5 Å². The molecule has 0 bridgehead atoms. The van der Waals surface area contributed by atoms with Gasteiger partial charge >= 0.3 is 0 Å². The van der Waals surface area contributed by atoms with Crippen LogP contribution in [0.15, 0.2) is 48.1 Å². The number of benzene rings is 1. The van der Waals surface area contributed by atoms with Gasteiger partial charge in [-0.2, -0.15) is 5.26 Å². The van der Waals surface area contributed by atoms with Gasteiger partial charge in [0.05, 0.1) is 17.2 Å². The molecule has 3 rings (SSSR count). The number of nitrogens with zero attached hydrogens (tertiary/aromatic N) is 2. The zero-order valence-corrected chi connectivity index (χ0v) is 19.4. The lowest BCUT2D eigenvalue weighted by Gasteiger charge is -2.51. The quantitative estimate of drug-likeness (QED) is 0.739. The van der Waals surface area contributed by atoms with Gasteiger partial charge in [0, 0.05) is 36.0 Å². The van der Waals surface area contributed by atoms with E-state index < -0.39 is 16.6 Å². The predicted octanol–water partition coefficient (Wildman–Crippen LogP) is 3.57. The maximum Gasteiger partial charge on any atom is 0.251 e. The van der Waals surface area contributed by atoms with Crippen molar-refractivity contribution in [3.05, 3.63) is 59.2 Å². The lowest BCUT2D eigenvalue weighted by atomic mass is 9.66. The van der Waals surface area contributed by atoms with Crippen molar-refractivity contribution in [2.75, 3.05) is 13.1 Å². The number of aliphatic hydroxyl groups is 1. The number of allylic oxidation sites excluding steroid dienone is 2. The monoisotopic (exact) mass is 435 g/mol. The molecule has 6 heteroatoms. The highest BCUT2D eigenvalue weighted by molar-refractivity contribution is 5.97. The van der Waals surface area contributed by atoms with Gasteiger partial charge in [0.15, 0.2) is 0 Å². The van der Waals surface area contributed by atoms with Gasteiger partial charge in [-0.05, 0) is 50.8 Å². The van der Waals surface area contributed by atoms with Crippen LogP contribution in [0.5, 0.6) is 0 Å². The zero-order valence-electron chi connectivity index (χ0n) is 19.4. The van der Waals surface area contributed by atoms with E-state index in [1.165, 1.54) is 0 Å². The van der Waals surface area contributed by atoms with Crippen LogP contribution < -0.4 is 5.32 Å². The fourth-order valence-corrected chi connectivity index (χ4v) is 4.59. The van der Waals surface area contributed by atoms with E-state index in [9.17, 15) is 14.7 Å². The van der Waals surface area contributed by atoms with Gasteiger partial charge in [-0.3, -0.25) is 9.59 Å². The van der Waals surface area contributed by atoms with Crippen molar-refractivity contribution in [1.29, 1.82) is 5.26 Å². The van der Waals surface area contributed by atoms with Gasteiger partial charge in [0.25, 0.3) is 5.91 Å². The number of rotatable bonds is 5. The van der Waals surface area contributed by atoms with Crippen LogP contribution in [0.25, 0.3) is 0 Å². The van der Waals surface area contributed by atoms with Crippen molar-refractivity contribution < 1.29 is 14.7 Å². The Morgan fingerprint density at radius 1 is 1.22 bits per heavy atom. The second-order valence-electron chi connectivity index (χ2n) is 10.2. The Bertz CT molecular complexity index is 983. The molecule has 170 valence electrons. The first-order valence-corrected chi connectivity index (χ1v) is 11.2. The zero-order chi connectivity index (χ0) is 23.6. The van der Waals surface area contributed by atoms with Crippen molar-refractivity contribution in [3.8, 4) is 6.07 Å². The van der Waals surface area contributed by atoms with E-state index in [0.717, 1.165) is 18.4 Å². The molecule has 1 fully saturated rings. The molecule has 2 amide bonds. The largest absolute Gasteiger partial charge is 0.384 e. The summed E-state index contributed by atoms with van der Waals surface area (Å²) < 4.78 is 0. The second-order valence-corrected chi connectivity index (χ2v) is 10.2. The summed E-state index contributed by atoms with van der Waals surface area (Å²) in [4.78, 5) is 27.5. The van der Waals surface area contributed by atoms with E-state index in [-0.39, 0.29) is 18.2 Å². The summed E-state index contributed by atoms with van der Waals surface area (Å²) >= 11 is 0. The Hall–Kier alpha value is -2.91. The first kappa shape index (κ1) is 23.7. The minimum atomic E-state index is -1.10.